The Kier molecular flexibility index (Phi) is 4.67. The predicted octanol–water partition coefficient (Wildman–Crippen LogP) is 2.38. The van der Waals surface area contributed by atoms with Crippen molar-refractivity contribution in [3.05, 3.63) is 33.5 Å². The molecule has 0 fully saturated rings. The summed E-state index contributed by atoms with van der Waals surface area (Å²) in [5.74, 6) is 6.81. The van der Waals surface area contributed by atoms with E-state index in [0.29, 0.717) is 0 Å². The summed E-state index contributed by atoms with van der Waals surface area (Å²) in [6, 6.07) is 2.46. The molecule has 0 aromatic carbocycles. The van der Waals surface area contributed by atoms with Crippen molar-refractivity contribution in [2.24, 2.45) is 5.84 Å². The normalized spacial score (nSPS) is 15.9. The van der Waals surface area contributed by atoms with Crippen LogP contribution >= 0.6 is 11.3 Å². The monoisotopic (exact) mass is 305 g/mol. The number of nitrogens with one attached hydrogen (secondary N) is 1. The molecule has 0 bridgehead atoms. The Morgan fingerprint density at radius 3 is 3.05 bits per heavy atom. The molecule has 114 valence electrons. The summed E-state index contributed by atoms with van der Waals surface area (Å²) < 4.78 is 1.98. The van der Waals surface area contributed by atoms with Crippen molar-refractivity contribution in [2.75, 3.05) is 0 Å². The quantitative estimate of drug-likeness (QED) is 0.635. The van der Waals surface area contributed by atoms with E-state index in [9.17, 15) is 0 Å². The highest BCUT2D eigenvalue weighted by molar-refractivity contribution is 7.12. The molecule has 3 N–H and O–H groups in total. The number of aromatic nitrogens is 3. The third-order valence-electron chi connectivity index (χ3n) is 4.08. The van der Waals surface area contributed by atoms with E-state index in [-0.39, 0.29) is 6.04 Å². The van der Waals surface area contributed by atoms with E-state index >= 15 is 0 Å². The topological polar surface area (TPSA) is 68.8 Å². The largest absolute Gasteiger partial charge is 0.271 e. The van der Waals surface area contributed by atoms with Gasteiger partial charge in [0, 0.05) is 22.7 Å². The van der Waals surface area contributed by atoms with Crippen molar-refractivity contribution in [3.8, 4) is 0 Å². The van der Waals surface area contributed by atoms with E-state index in [1.54, 1.807) is 11.2 Å². The highest BCUT2D eigenvalue weighted by atomic mass is 32.1. The number of hydrazine groups is 1. The van der Waals surface area contributed by atoms with Crippen molar-refractivity contribution in [2.45, 2.75) is 58.0 Å². The smallest absolute Gasteiger partial charge is 0.138 e. The van der Waals surface area contributed by atoms with E-state index < -0.39 is 0 Å². The molecule has 2 aromatic heterocycles. The molecule has 2 heterocycles. The van der Waals surface area contributed by atoms with E-state index in [1.165, 1.54) is 36.1 Å². The maximum atomic E-state index is 5.80. The summed E-state index contributed by atoms with van der Waals surface area (Å²) >= 11 is 1.91. The lowest BCUT2D eigenvalue weighted by molar-refractivity contribution is 0.504. The number of aryl methyl sites for hydroxylation is 3. The molecule has 5 nitrogen and oxygen atoms in total. The Morgan fingerprint density at radius 2 is 2.29 bits per heavy atom. The molecular formula is C15H23N5S. The first-order chi connectivity index (χ1) is 10.3. The van der Waals surface area contributed by atoms with Crippen molar-refractivity contribution >= 4 is 11.3 Å². The van der Waals surface area contributed by atoms with Crippen LogP contribution in [0.5, 0.6) is 0 Å². The fraction of sp³-hybridized carbons (Fsp3) is 0.600. The average Bonchev–Trinajstić information content (AvgIpc) is 3.11. The van der Waals surface area contributed by atoms with Crippen LogP contribution in [-0.4, -0.2) is 14.8 Å². The molecule has 1 atom stereocenters. The van der Waals surface area contributed by atoms with Crippen LogP contribution < -0.4 is 11.3 Å². The van der Waals surface area contributed by atoms with Gasteiger partial charge in [0.05, 0.1) is 6.04 Å². The predicted molar refractivity (Wildman–Crippen MR) is 85.0 cm³/mol. The van der Waals surface area contributed by atoms with Gasteiger partial charge >= 0.3 is 0 Å². The van der Waals surface area contributed by atoms with Crippen molar-refractivity contribution in [1.82, 2.24) is 20.2 Å². The van der Waals surface area contributed by atoms with Gasteiger partial charge in [0.1, 0.15) is 12.2 Å². The van der Waals surface area contributed by atoms with E-state index in [1.807, 2.05) is 16.0 Å². The molecule has 0 spiro atoms. The zero-order valence-corrected chi connectivity index (χ0v) is 13.3. The molecule has 6 heteroatoms. The minimum absolute atomic E-state index is 0.125. The molecule has 0 saturated heterocycles. The lowest BCUT2D eigenvalue weighted by Crippen LogP contribution is -2.30. The van der Waals surface area contributed by atoms with Gasteiger partial charge in [0.15, 0.2) is 0 Å². The van der Waals surface area contributed by atoms with E-state index in [2.05, 4.69) is 28.5 Å². The number of thiophene rings is 1. The fourth-order valence-electron chi connectivity index (χ4n) is 2.95. The van der Waals surface area contributed by atoms with Gasteiger partial charge < -0.3 is 0 Å². The van der Waals surface area contributed by atoms with E-state index in [0.717, 1.165) is 25.2 Å². The second kappa shape index (κ2) is 6.68. The lowest BCUT2D eigenvalue weighted by Gasteiger charge is -2.14. The van der Waals surface area contributed by atoms with Gasteiger partial charge in [-0.15, -0.1) is 11.3 Å². The first-order valence-corrected chi connectivity index (χ1v) is 8.57. The minimum atomic E-state index is 0.125. The molecular weight excluding hydrogens is 282 g/mol. The van der Waals surface area contributed by atoms with Crippen LogP contribution in [-0.2, 0) is 25.8 Å². The van der Waals surface area contributed by atoms with Gasteiger partial charge in [-0.25, -0.2) is 4.98 Å². The summed E-state index contributed by atoms with van der Waals surface area (Å²) in [5.41, 5.74) is 4.49. The van der Waals surface area contributed by atoms with Crippen LogP contribution in [0.2, 0.25) is 0 Å². The fourth-order valence-corrected chi connectivity index (χ4v) is 4.27. The zero-order valence-electron chi connectivity index (χ0n) is 12.5. The standard InChI is InChI=1S/C15H23N5S/c1-2-7-20-15(17-10-18-20)9-12(19-16)14-8-11-5-3-4-6-13(11)21-14/h8,10,12,19H,2-7,9,16H2,1H3. The van der Waals surface area contributed by atoms with Crippen LogP contribution in [0.25, 0.3) is 0 Å². The van der Waals surface area contributed by atoms with E-state index in [4.69, 9.17) is 5.84 Å². The number of nitrogens with two attached hydrogens (primary N) is 1. The minimum Gasteiger partial charge on any atom is -0.271 e. The molecule has 1 aliphatic carbocycles. The summed E-state index contributed by atoms with van der Waals surface area (Å²) in [6.07, 6.45) is 8.56. The highest BCUT2D eigenvalue weighted by Crippen LogP contribution is 2.33. The van der Waals surface area contributed by atoms with Gasteiger partial charge in [-0.1, -0.05) is 6.92 Å². The average molecular weight is 305 g/mol. The molecule has 0 aliphatic heterocycles. The first kappa shape index (κ1) is 14.7. The van der Waals surface area contributed by atoms with Gasteiger partial charge in [-0.3, -0.25) is 16.0 Å². The summed E-state index contributed by atoms with van der Waals surface area (Å²) in [7, 11) is 0. The van der Waals surface area contributed by atoms with Crippen LogP contribution in [0.15, 0.2) is 12.4 Å². The summed E-state index contributed by atoms with van der Waals surface area (Å²) in [5, 5.41) is 4.29. The third kappa shape index (κ3) is 3.17. The van der Waals surface area contributed by atoms with Crippen molar-refractivity contribution in [3.63, 3.8) is 0 Å². The van der Waals surface area contributed by atoms with Gasteiger partial charge in [0.2, 0.25) is 0 Å². The molecule has 0 amide bonds. The summed E-state index contributed by atoms with van der Waals surface area (Å²) in [4.78, 5) is 7.27. The van der Waals surface area contributed by atoms with Crippen molar-refractivity contribution < 1.29 is 0 Å². The number of rotatable bonds is 6. The maximum Gasteiger partial charge on any atom is 0.138 e. The first-order valence-electron chi connectivity index (χ1n) is 7.76. The molecule has 2 aromatic rings. The van der Waals surface area contributed by atoms with Crippen LogP contribution in [0.3, 0.4) is 0 Å². The Bertz CT molecular complexity index is 565. The number of nitrogens with zero attached hydrogens (tertiary/aromatic N) is 3. The molecule has 21 heavy (non-hydrogen) atoms. The number of hydrogen-bond donors (Lipinski definition) is 2. The van der Waals surface area contributed by atoms with Gasteiger partial charge in [-0.2, -0.15) is 5.10 Å². The lowest BCUT2D eigenvalue weighted by atomic mass is 9.98. The van der Waals surface area contributed by atoms with Crippen LogP contribution in [0.4, 0.5) is 0 Å². The van der Waals surface area contributed by atoms with Crippen LogP contribution in [0.1, 0.15) is 53.4 Å². The molecule has 1 aliphatic rings. The molecule has 0 saturated carbocycles. The van der Waals surface area contributed by atoms with Crippen molar-refractivity contribution in [1.29, 1.82) is 0 Å². The molecule has 0 radical (unpaired) electrons. The Hall–Kier alpha value is -1.24. The second-order valence-corrected chi connectivity index (χ2v) is 6.80. The SMILES string of the molecule is CCCn1ncnc1CC(NN)c1cc2c(s1)CCCC2. The number of fused-ring (bicyclic) bond motifs is 1. The Labute approximate surface area is 129 Å². The molecule has 3 rings (SSSR count). The highest BCUT2D eigenvalue weighted by Gasteiger charge is 2.20. The Morgan fingerprint density at radius 1 is 1.43 bits per heavy atom. The van der Waals surface area contributed by atoms with Crippen LogP contribution in [0, 0.1) is 0 Å². The van der Waals surface area contributed by atoms with Gasteiger partial charge in [-0.05, 0) is 43.7 Å². The third-order valence-corrected chi connectivity index (χ3v) is 5.43. The number of hydrogen-bond acceptors (Lipinski definition) is 5. The second-order valence-electron chi connectivity index (χ2n) is 5.63. The Balaban J connectivity index is 1.78. The molecule has 1 unspecified atom stereocenters. The summed E-state index contributed by atoms with van der Waals surface area (Å²) in [6.45, 7) is 3.06. The van der Waals surface area contributed by atoms with Gasteiger partial charge in [0.25, 0.3) is 0 Å². The zero-order chi connectivity index (χ0) is 14.7. The maximum absolute atomic E-state index is 5.80.